The zero-order valence-corrected chi connectivity index (χ0v) is 16.0. The highest BCUT2D eigenvalue weighted by Crippen LogP contribution is 2.33. The number of aliphatic carboxylic acids is 2. The summed E-state index contributed by atoms with van der Waals surface area (Å²) in [5, 5.41) is 15.6. The van der Waals surface area contributed by atoms with Crippen molar-refractivity contribution in [1.82, 2.24) is 14.9 Å². The Kier molecular flexibility index (Phi) is 6.61. The van der Waals surface area contributed by atoms with Gasteiger partial charge in [-0.25, -0.2) is 19.6 Å². The van der Waals surface area contributed by atoms with Gasteiger partial charge in [0.2, 0.25) is 0 Å². The minimum Gasteiger partial charge on any atom is -0.478 e. The van der Waals surface area contributed by atoms with Gasteiger partial charge >= 0.3 is 11.9 Å². The highest BCUT2D eigenvalue weighted by molar-refractivity contribution is 5.89. The minimum atomic E-state index is -1.26. The molecule has 154 valence electrons. The summed E-state index contributed by atoms with van der Waals surface area (Å²) in [7, 11) is 1.61. The number of fused-ring (bicyclic) bond motifs is 4. The third-order valence-corrected chi connectivity index (χ3v) is 4.93. The molecule has 0 spiro atoms. The van der Waals surface area contributed by atoms with Gasteiger partial charge in [-0.2, -0.15) is 0 Å². The zero-order valence-electron chi connectivity index (χ0n) is 16.0. The molecule has 5 rings (SSSR count). The van der Waals surface area contributed by atoms with Crippen LogP contribution in [0.4, 0.5) is 0 Å². The van der Waals surface area contributed by atoms with Crippen LogP contribution in [0.15, 0.2) is 36.4 Å². The Labute approximate surface area is 167 Å². The largest absolute Gasteiger partial charge is 0.478 e. The molecule has 1 aromatic heterocycles. The Hall–Kier alpha value is -3.20. The predicted molar refractivity (Wildman–Crippen MR) is 104 cm³/mol. The van der Waals surface area contributed by atoms with E-state index < -0.39 is 11.9 Å². The van der Waals surface area contributed by atoms with Gasteiger partial charge in [0.1, 0.15) is 6.10 Å². The number of methoxy groups -OCH3 is 1. The van der Waals surface area contributed by atoms with E-state index in [1.807, 2.05) is 24.3 Å². The van der Waals surface area contributed by atoms with Crippen LogP contribution in [0.3, 0.4) is 0 Å². The summed E-state index contributed by atoms with van der Waals surface area (Å²) in [6, 6.07) is 7.79. The maximum Gasteiger partial charge on any atom is 0.328 e. The molecular weight excluding hydrogens is 378 g/mol. The van der Waals surface area contributed by atoms with Crippen molar-refractivity contribution in [3.05, 3.63) is 36.4 Å². The topological polar surface area (TPSA) is 122 Å². The second-order valence-electron chi connectivity index (χ2n) is 6.83. The number of ether oxygens (including phenoxy) is 2. The fourth-order valence-corrected chi connectivity index (χ4v) is 3.51. The number of hydrogen-bond acceptors (Lipinski definition) is 7. The Bertz CT molecular complexity index is 892. The van der Waals surface area contributed by atoms with Gasteiger partial charge < -0.3 is 19.7 Å². The van der Waals surface area contributed by atoms with Crippen molar-refractivity contribution in [2.24, 2.45) is 5.92 Å². The lowest BCUT2D eigenvalue weighted by atomic mass is 9.86. The number of benzene rings is 1. The SMILES string of the molecule is COc1nc2ccccc2nc1OC1CN2CCC1CC2.O=C(O)/C=C/C(=O)O. The summed E-state index contributed by atoms with van der Waals surface area (Å²) in [5.41, 5.74) is 1.67. The van der Waals surface area contributed by atoms with E-state index in [9.17, 15) is 9.59 Å². The summed E-state index contributed by atoms with van der Waals surface area (Å²) >= 11 is 0. The summed E-state index contributed by atoms with van der Waals surface area (Å²) < 4.78 is 11.5. The average Bonchev–Trinajstić information content (AvgIpc) is 2.73. The van der Waals surface area contributed by atoms with Crippen molar-refractivity contribution in [3.8, 4) is 11.8 Å². The lowest BCUT2D eigenvalue weighted by Gasteiger charge is -2.44. The molecule has 0 aliphatic carbocycles. The van der Waals surface area contributed by atoms with Crippen molar-refractivity contribution in [2.45, 2.75) is 18.9 Å². The van der Waals surface area contributed by atoms with Crippen LogP contribution in [0.2, 0.25) is 0 Å². The molecule has 29 heavy (non-hydrogen) atoms. The van der Waals surface area contributed by atoms with Gasteiger partial charge in [0, 0.05) is 18.7 Å². The summed E-state index contributed by atoms with van der Waals surface area (Å²) in [5.74, 6) is -0.882. The molecule has 1 atom stereocenters. The first-order valence-electron chi connectivity index (χ1n) is 9.30. The van der Waals surface area contributed by atoms with E-state index in [0.29, 0.717) is 29.8 Å². The molecule has 2 bridgehead atoms. The van der Waals surface area contributed by atoms with Gasteiger partial charge in [-0.05, 0) is 44.0 Å². The fraction of sp³-hybridized carbons (Fsp3) is 0.400. The molecule has 1 unspecified atom stereocenters. The van der Waals surface area contributed by atoms with Crippen molar-refractivity contribution in [3.63, 3.8) is 0 Å². The fourth-order valence-electron chi connectivity index (χ4n) is 3.51. The minimum absolute atomic E-state index is 0.205. The molecule has 1 aromatic carbocycles. The molecule has 3 aliphatic rings. The second-order valence-corrected chi connectivity index (χ2v) is 6.83. The van der Waals surface area contributed by atoms with Crippen LogP contribution in [0.25, 0.3) is 11.0 Å². The van der Waals surface area contributed by atoms with Crippen LogP contribution >= 0.6 is 0 Å². The standard InChI is InChI=1S/C16H19N3O2.C4H4O4/c1-20-15-16(18-13-5-3-2-4-12(13)17-15)21-14-10-19-8-6-11(14)7-9-19;5-3(6)1-2-4(7)8/h2-5,11,14H,6-10H2,1H3;1-2H,(H,5,6)(H,7,8)/b;2-1+. The van der Waals surface area contributed by atoms with Crippen LogP contribution in [-0.2, 0) is 9.59 Å². The lowest BCUT2D eigenvalue weighted by molar-refractivity contribution is -0.134. The number of hydrogen-bond donors (Lipinski definition) is 2. The van der Waals surface area contributed by atoms with E-state index in [2.05, 4.69) is 14.9 Å². The molecule has 9 heteroatoms. The molecule has 0 amide bonds. The summed E-state index contributed by atoms with van der Waals surface area (Å²) in [4.78, 5) is 30.7. The number of para-hydroxylation sites is 2. The van der Waals surface area contributed by atoms with Gasteiger partial charge in [-0.1, -0.05) is 12.1 Å². The molecule has 2 N–H and O–H groups in total. The van der Waals surface area contributed by atoms with Gasteiger partial charge in [0.25, 0.3) is 11.8 Å². The van der Waals surface area contributed by atoms with Crippen molar-refractivity contribution in [2.75, 3.05) is 26.7 Å². The van der Waals surface area contributed by atoms with Crippen molar-refractivity contribution < 1.29 is 29.3 Å². The maximum atomic E-state index is 9.55. The maximum absolute atomic E-state index is 9.55. The summed E-state index contributed by atoms with van der Waals surface area (Å²) in [6.07, 6.45) is 3.75. The van der Waals surface area contributed by atoms with E-state index in [1.54, 1.807) is 7.11 Å². The van der Waals surface area contributed by atoms with E-state index in [0.717, 1.165) is 17.6 Å². The second kappa shape index (κ2) is 9.33. The molecule has 4 heterocycles. The van der Waals surface area contributed by atoms with E-state index >= 15 is 0 Å². The number of carboxylic acids is 2. The number of carbonyl (C=O) groups is 2. The number of carboxylic acid groups (broad SMARTS) is 2. The number of rotatable bonds is 5. The Balaban J connectivity index is 0.000000258. The molecule has 0 radical (unpaired) electrons. The van der Waals surface area contributed by atoms with Crippen LogP contribution in [0, 0.1) is 5.92 Å². The van der Waals surface area contributed by atoms with Crippen molar-refractivity contribution in [1.29, 1.82) is 0 Å². The normalized spacial score (nSPS) is 22.7. The van der Waals surface area contributed by atoms with Crippen LogP contribution < -0.4 is 9.47 Å². The van der Waals surface area contributed by atoms with Gasteiger partial charge in [-0.15, -0.1) is 0 Å². The Morgan fingerprint density at radius 1 is 1.03 bits per heavy atom. The van der Waals surface area contributed by atoms with Crippen LogP contribution in [0.5, 0.6) is 11.8 Å². The molecule has 0 saturated carbocycles. The van der Waals surface area contributed by atoms with E-state index in [4.69, 9.17) is 19.7 Å². The first kappa shape index (κ1) is 20.5. The number of nitrogens with zero attached hydrogens (tertiary/aromatic N) is 3. The number of aromatic nitrogens is 2. The van der Waals surface area contributed by atoms with Crippen LogP contribution in [-0.4, -0.2) is 69.9 Å². The molecule has 2 aromatic rings. The third-order valence-electron chi connectivity index (χ3n) is 4.93. The third kappa shape index (κ3) is 5.41. The quantitative estimate of drug-likeness (QED) is 0.722. The van der Waals surface area contributed by atoms with Gasteiger partial charge in [-0.3, -0.25) is 4.90 Å². The Morgan fingerprint density at radius 3 is 2.03 bits per heavy atom. The molecule has 3 fully saturated rings. The average molecular weight is 401 g/mol. The Morgan fingerprint density at radius 2 is 1.59 bits per heavy atom. The predicted octanol–water partition coefficient (Wildman–Crippen LogP) is 1.82. The van der Waals surface area contributed by atoms with Crippen molar-refractivity contribution >= 4 is 23.0 Å². The number of piperidine rings is 3. The highest BCUT2D eigenvalue weighted by atomic mass is 16.5. The first-order valence-corrected chi connectivity index (χ1v) is 9.30. The summed E-state index contributed by atoms with van der Waals surface area (Å²) in [6.45, 7) is 3.39. The molecule has 3 aliphatic heterocycles. The van der Waals surface area contributed by atoms with Crippen LogP contribution in [0.1, 0.15) is 12.8 Å². The van der Waals surface area contributed by atoms with E-state index in [-0.39, 0.29) is 6.10 Å². The van der Waals surface area contributed by atoms with Gasteiger partial charge in [0.05, 0.1) is 18.1 Å². The monoisotopic (exact) mass is 401 g/mol. The zero-order chi connectivity index (χ0) is 20.8. The molecular formula is C20H23N3O6. The molecule has 9 nitrogen and oxygen atoms in total. The smallest absolute Gasteiger partial charge is 0.328 e. The molecule has 3 saturated heterocycles. The highest BCUT2D eigenvalue weighted by Gasteiger charge is 2.36. The van der Waals surface area contributed by atoms with E-state index in [1.165, 1.54) is 25.9 Å². The lowest BCUT2D eigenvalue weighted by Crippen LogP contribution is -2.52. The van der Waals surface area contributed by atoms with Gasteiger partial charge in [0.15, 0.2) is 0 Å². The first-order chi connectivity index (χ1) is 14.0.